The van der Waals surface area contributed by atoms with Crippen LogP contribution in [0, 0.1) is 0 Å². The van der Waals surface area contributed by atoms with E-state index in [1.807, 2.05) is 30.3 Å². The fourth-order valence-corrected chi connectivity index (χ4v) is 3.73. The van der Waals surface area contributed by atoms with E-state index in [2.05, 4.69) is 5.32 Å². The Kier molecular flexibility index (Phi) is 7.66. The van der Waals surface area contributed by atoms with Gasteiger partial charge in [-0.1, -0.05) is 30.3 Å². The van der Waals surface area contributed by atoms with Crippen molar-refractivity contribution in [2.24, 2.45) is 0 Å². The number of benzene rings is 1. The van der Waals surface area contributed by atoms with Crippen molar-refractivity contribution in [1.29, 1.82) is 0 Å². The quantitative estimate of drug-likeness (QED) is 0.641. The summed E-state index contributed by atoms with van der Waals surface area (Å²) >= 11 is 0. The van der Waals surface area contributed by atoms with Crippen molar-refractivity contribution in [1.82, 2.24) is 5.32 Å². The molecule has 0 aliphatic carbocycles. The second-order valence-electron chi connectivity index (χ2n) is 8.13. The maximum absolute atomic E-state index is 12.0. The predicted molar refractivity (Wildman–Crippen MR) is 109 cm³/mol. The first-order chi connectivity index (χ1) is 14.7. The van der Waals surface area contributed by atoms with Gasteiger partial charge in [-0.05, 0) is 26.3 Å². The van der Waals surface area contributed by atoms with E-state index in [4.69, 9.17) is 28.4 Å². The Morgan fingerprint density at radius 1 is 1.26 bits per heavy atom. The summed E-state index contributed by atoms with van der Waals surface area (Å²) in [7, 11) is 1.29. The Bertz CT molecular complexity index is 755. The number of esters is 1. The van der Waals surface area contributed by atoms with Gasteiger partial charge in [-0.3, -0.25) is 4.79 Å². The first kappa shape index (κ1) is 23.6. The van der Waals surface area contributed by atoms with Gasteiger partial charge in [-0.25, -0.2) is 4.79 Å². The number of ether oxygens (including phenoxy) is 6. The number of fused-ring (bicyclic) bond motifs is 1. The molecule has 1 N–H and O–H groups in total. The van der Waals surface area contributed by atoms with Gasteiger partial charge < -0.3 is 33.7 Å². The fraction of sp³-hybridized carbons (Fsp3) is 0.636. The van der Waals surface area contributed by atoms with E-state index in [9.17, 15) is 9.59 Å². The molecule has 1 amide bonds. The molecule has 0 saturated carbocycles. The highest BCUT2D eigenvalue weighted by atomic mass is 16.8. The van der Waals surface area contributed by atoms with Crippen LogP contribution in [0.4, 0.5) is 0 Å². The standard InChI is InChI=1S/C22H31NO8/c1-13(20(25)26-5)29-19-17(23-14(2)24)21(27-11-15-9-7-6-8-10-15)30-16-12-28-22(3,4)31-18(16)19/h6-10,13,16-19,21H,11-12H2,1-5H3,(H,23,24)/t13-,16-,17-,18+,19+,21+/m0/s1. The lowest BCUT2D eigenvalue weighted by molar-refractivity contribution is -0.374. The third-order valence-electron chi connectivity index (χ3n) is 5.18. The molecule has 0 bridgehead atoms. The molecule has 0 aromatic heterocycles. The Morgan fingerprint density at radius 3 is 2.61 bits per heavy atom. The van der Waals surface area contributed by atoms with E-state index in [0.717, 1.165) is 5.56 Å². The van der Waals surface area contributed by atoms with Crippen molar-refractivity contribution < 1.29 is 38.0 Å². The van der Waals surface area contributed by atoms with Gasteiger partial charge in [0, 0.05) is 6.92 Å². The maximum atomic E-state index is 12.0. The number of hydrogen-bond acceptors (Lipinski definition) is 8. The number of carbonyl (C=O) groups excluding carboxylic acids is 2. The second kappa shape index (κ2) is 10.1. The molecule has 0 radical (unpaired) electrons. The summed E-state index contributed by atoms with van der Waals surface area (Å²) in [5.41, 5.74) is 0.951. The fourth-order valence-electron chi connectivity index (χ4n) is 3.73. The smallest absolute Gasteiger partial charge is 0.334 e. The molecule has 1 aromatic carbocycles. The zero-order chi connectivity index (χ0) is 22.6. The lowest BCUT2D eigenvalue weighted by Crippen LogP contribution is -2.69. The minimum Gasteiger partial charge on any atom is -0.467 e. The van der Waals surface area contributed by atoms with E-state index >= 15 is 0 Å². The highest BCUT2D eigenvalue weighted by Crippen LogP contribution is 2.35. The van der Waals surface area contributed by atoms with Gasteiger partial charge in [0.25, 0.3) is 0 Å². The Morgan fingerprint density at radius 2 is 1.97 bits per heavy atom. The van der Waals surface area contributed by atoms with Crippen LogP contribution in [-0.4, -0.2) is 68.1 Å². The average Bonchev–Trinajstić information content (AvgIpc) is 2.73. The van der Waals surface area contributed by atoms with Crippen molar-refractivity contribution in [3.8, 4) is 0 Å². The number of nitrogens with one attached hydrogen (secondary N) is 1. The molecule has 3 rings (SSSR count). The van der Waals surface area contributed by atoms with Gasteiger partial charge in [0.1, 0.15) is 24.4 Å². The molecular formula is C22H31NO8. The number of rotatable bonds is 7. The Labute approximate surface area is 182 Å². The molecule has 2 fully saturated rings. The summed E-state index contributed by atoms with van der Waals surface area (Å²) in [5.74, 6) is -1.69. The molecule has 172 valence electrons. The first-order valence-electron chi connectivity index (χ1n) is 10.3. The van der Waals surface area contributed by atoms with E-state index < -0.39 is 48.5 Å². The van der Waals surface area contributed by atoms with E-state index in [1.54, 1.807) is 20.8 Å². The molecule has 2 aliphatic rings. The molecule has 2 heterocycles. The van der Waals surface area contributed by atoms with Crippen LogP contribution in [0.25, 0.3) is 0 Å². The van der Waals surface area contributed by atoms with Gasteiger partial charge in [-0.2, -0.15) is 0 Å². The van der Waals surface area contributed by atoms with Crippen LogP contribution >= 0.6 is 0 Å². The van der Waals surface area contributed by atoms with Gasteiger partial charge in [0.2, 0.25) is 5.91 Å². The van der Waals surface area contributed by atoms with Crippen LogP contribution in [-0.2, 0) is 44.6 Å². The largest absolute Gasteiger partial charge is 0.467 e. The minimum absolute atomic E-state index is 0.252. The molecule has 1 aromatic rings. The summed E-state index contributed by atoms with van der Waals surface area (Å²) in [5, 5.41) is 2.85. The molecule has 9 nitrogen and oxygen atoms in total. The zero-order valence-electron chi connectivity index (χ0n) is 18.5. The van der Waals surface area contributed by atoms with Crippen LogP contribution in [0.15, 0.2) is 30.3 Å². The lowest BCUT2D eigenvalue weighted by Gasteiger charge is -2.51. The summed E-state index contributed by atoms with van der Waals surface area (Å²) in [6.07, 6.45) is -3.55. The SMILES string of the molecule is COC(=O)[C@H](C)O[C@@H]1[C@H](NC(C)=O)[C@H](OCc2ccccc2)O[C@H]2COC(C)(C)O[C@@H]12. The van der Waals surface area contributed by atoms with Gasteiger partial charge in [0.05, 0.1) is 20.3 Å². The molecule has 2 aliphatic heterocycles. The van der Waals surface area contributed by atoms with Crippen molar-refractivity contribution in [2.45, 2.75) is 76.8 Å². The normalized spacial score (nSPS) is 30.7. The highest BCUT2D eigenvalue weighted by molar-refractivity contribution is 5.74. The summed E-state index contributed by atoms with van der Waals surface area (Å²) in [4.78, 5) is 24.0. The molecular weight excluding hydrogens is 406 g/mol. The third kappa shape index (κ3) is 6.02. The van der Waals surface area contributed by atoms with E-state index in [1.165, 1.54) is 14.0 Å². The maximum Gasteiger partial charge on any atom is 0.334 e. The number of amides is 1. The van der Waals surface area contributed by atoms with E-state index in [0.29, 0.717) is 0 Å². The molecule has 9 heteroatoms. The number of methoxy groups -OCH3 is 1. The molecule has 2 saturated heterocycles. The van der Waals surface area contributed by atoms with Crippen LogP contribution in [0.1, 0.15) is 33.3 Å². The summed E-state index contributed by atoms with van der Waals surface area (Å²) < 4.78 is 34.9. The molecule has 31 heavy (non-hydrogen) atoms. The zero-order valence-corrected chi connectivity index (χ0v) is 18.5. The topological polar surface area (TPSA) is 102 Å². The van der Waals surface area contributed by atoms with Gasteiger partial charge in [0.15, 0.2) is 18.2 Å². The van der Waals surface area contributed by atoms with E-state index in [-0.39, 0.29) is 19.1 Å². The lowest BCUT2D eigenvalue weighted by atomic mass is 9.94. The monoisotopic (exact) mass is 437 g/mol. The van der Waals surface area contributed by atoms with Gasteiger partial charge in [-0.15, -0.1) is 0 Å². The Balaban J connectivity index is 1.86. The van der Waals surface area contributed by atoms with Crippen LogP contribution in [0.5, 0.6) is 0 Å². The second-order valence-corrected chi connectivity index (χ2v) is 8.13. The average molecular weight is 437 g/mol. The number of carbonyl (C=O) groups is 2. The summed E-state index contributed by atoms with van der Waals surface area (Å²) in [6, 6.07) is 8.89. The Hall–Kier alpha value is -2.04. The van der Waals surface area contributed by atoms with Crippen LogP contribution < -0.4 is 5.32 Å². The predicted octanol–water partition coefficient (Wildman–Crippen LogP) is 1.53. The highest BCUT2D eigenvalue weighted by Gasteiger charge is 2.53. The molecule has 6 atom stereocenters. The summed E-state index contributed by atoms with van der Waals surface area (Å²) in [6.45, 7) is 7.08. The first-order valence-corrected chi connectivity index (χ1v) is 10.3. The van der Waals surface area contributed by atoms with Crippen LogP contribution in [0.2, 0.25) is 0 Å². The molecule has 0 unspecified atom stereocenters. The van der Waals surface area contributed by atoms with Crippen molar-refractivity contribution in [3.05, 3.63) is 35.9 Å². The van der Waals surface area contributed by atoms with Crippen molar-refractivity contribution in [2.75, 3.05) is 13.7 Å². The number of hydrogen-bond donors (Lipinski definition) is 1. The minimum atomic E-state index is -0.880. The van der Waals surface area contributed by atoms with Gasteiger partial charge >= 0.3 is 5.97 Å². The third-order valence-corrected chi connectivity index (χ3v) is 5.18. The molecule has 0 spiro atoms. The van der Waals surface area contributed by atoms with Crippen molar-refractivity contribution in [3.63, 3.8) is 0 Å². The van der Waals surface area contributed by atoms with Crippen molar-refractivity contribution >= 4 is 11.9 Å². The van der Waals surface area contributed by atoms with Crippen LogP contribution in [0.3, 0.4) is 0 Å².